The van der Waals surface area contributed by atoms with Crippen molar-refractivity contribution in [3.05, 3.63) is 29.3 Å². The van der Waals surface area contributed by atoms with Gasteiger partial charge in [0.1, 0.15) is 0 Å². The number of hydrogen-bond acceptors (Lipinski definition) is 3. The van der Waals surface area contributed by atoms with Crippen molar-refractivity contribution in [2.45, 2.75) is 39.3 Å². The van der Waals surface area contributed by atoms with Crippen LogP contribution in [-0.4, -0.2) is 43.7 Å². The zero-order valence-corrected chi connectivity index (χ0v) is 12.7. The maximum Gasteiger partial charge on any atom is 0.0539 e. The van der Waals surface area contributed by atoms with Crippen LogP contribution in [-0.2, 0) is 0 Å². The third kappa shape index (κ3) is 3.10. The Bertz CT molecular complexity index is 430. The number of aryl methyl sites for hydroxylation is 2. The Kier molecular flexibility index (Phi) is 4.48. The minimum atomic E-state index is 0.413. The van der Waals surface area contributed by atoms with Gasteiger partial charge in [-0.2, -0.15) is 0 Å². The molecule has 0 spiro atoms. The van der Waals surface area contributed by atoms with Gasteiger partial charge in [0.15, 0.2) is 0 Å². The zero-order chi connectivity index (χ0) is 14.0. The van der Waals surface area contributed by atoms with E-state index in [1.807, 2.05) is 0 Å². The summed E-state index contributed by atoms with van der Waals surface area (Å²) in [6.45, 7) is 9.51. The maximum absolute atomic E-state index is 6.02. The summed E-state index contributed by atoms with van der Waals surface area (Å²) < 4.78 is 0. The molecule has 2 unspecified atom stereocenters. The van der Waals surface area contributed by atoms with Gasteiger partial charge in [-0.25, -0.2) is 0 Å². The highest BCUT2D eigenvalue weighted by atomic mass is 15.3. The van der Waals surface area contributed by atoms with E-state index in [9.17, 15) is 0 Å². The lowest BCUT2D eigenvalue weighted by atomic mass is 10.1. The highest BCUT2D eigenvalue weighted by Crippen LogP contribution is 2.26. The predicted octanol–water partition coefficient (Wildman–Crippen LogP) is 2.16. The first-order chi connectivity index (χ1) is 9.02. The van der Waals surface area contributed by atoms with Crippen LogP contribution in [0.2, 0.25) is 0 Å². The Balaban J connectivity index is 2.30. The third-order valence-electron chi connectivity index (χ3n) is 4.41. The molecule has 1 aliphatic rings. The second-order valence-corrected chi connectivity index (χ2v) is 5.95. The fraction of sp³-hybridized carbons (Fsp3) is 0.625. The van der Waals surface area contributed by atoms with E-state index in [2.05, 4.69) is 55.8 Å². The van der Waals surface area contributed by atoms with Crippen molar-refractivity contribution >= 4 is 5.69 Å². The number of anilines is 1. The molecule has 106 valence electrons. The van der Waals surface area contributed by atoms with Crippen molar-refractivity contribution in [3.8, 4) is 0 Å². The highest BCUT2D eigenvalue weighted by Gasteiger charge is 2.26. The van der Waals surface area contributed by atoms with Gasteiger partial charge in [0.05, 0.1) is 6.04 Å². The SMILES string of the molecule is Cc1ccc(N2CCC(C)N(C)CC2CN)c(C)c1. The average Bonchev–Trinajstić information content (AvgIpc) is 2.51. The largest absolute Gasteiger partial charge is 0.366 e. The first kappa shape index (κ1) is 14.4. The Morgan fingerprint density at radius 1 is 1.32 bits per heavy atom. The van der Waals surface area contributed by atoms with Crippen LogP contribution >= 0.6 is 0 Å². The second kappa shape index (κ2) is 5.93. The molecule has 1 saturated heterocycles. The van der Waals surface area contributed by atoms with Crippen molar-refractivity contribution in [3.63, 3.8) is 0 Å². The van der Waals surface area contributed by atoms with E-state index in [1.54, 1.807) is 0 Å². The molecule has 3 nitrogen and oxygen atoms in total. The van der Waals surface area contributed by atoms with Gasteiger partial charge in [-0.1, -0.05) is 17.7 Å². The van der Waals surface area contributed by atoms with Crippen LogP contribution in [0.15, 0.2) is 18.2 Å². The van der Waals surface area contributed by atoms with Gasteiger partial charge in [0.2, 0.25) is 0 Å². The van der Waals surface area contributed by atoms with Crippen LogP contribution in [0.1, 0.15) is 24.5 Å². The molecule has 1 aromatic carbocycles. The van der Waals surface area contributed by atoms with Gasteiger partial charge in [-0.15, -0.1) is 0 Å². The summed E-state index contributed by atoms with van der Waals surface area (Å²) in [5.74, 6) is 0. The van der Waals surface area contributed by atoms with Gasteiger partial charge in [0.25, 0.3) is 0 Å². The molecule has 2 atom stereocenters. The highest BCUT2D eigenvalue weighted by molar-refractivity contribution is 5.55. The van der Waals surface area contributed by atoms with E-state index >= 15 is 0 Å². The lowest BCUT2D eigenvalue weighted by Gasteiger charge is -2.33. The fourth-order valence-corrected chi connectivity index (χ4v) is 2.99. The van der Waals surface area contributed by atoms with Gasteiger partial charge in [-0.05, 0) is 45.9 Å². The summed E-state index contributed by atoms with van der Waals surface area (Å²) in [5, 5.41) is 0. The molecule has 1 aromatic rings. The average molecular weight is 261 g/mol. The van der Waals surface area contributed by atoms with Gasteiger partial charge >= 0.3 is 0 Å². The molecule has 0 aliphatic carbocycles. The van der Waals surface area contributed by atoms with Crippen molar-refractivity contribution in [2.24, 2.45) is 5.73 Å². The van der Waals surface area contributed by atoms with E-state index < -0.39 is 0 Å². The molecule has 19 heavy (non-hydrogen) atoms. The van der Waals surface area contributed by atoms with E-state index in [0.717, 1.165) is 13.1 Å². The molecule has 0 amide bonds. The molecule has 1 fully saturated rings. The van der Waals surface area contributed by atoms with Crippen molar-refractivity contribution in [1.29, 1.82) is 0 Å². The summed E-state index contributed by atoms with van der Waals surface area (Å²) in [7, 11) is 2.21. The molecule has 0 saturated carbocycles. The lowest BCUT2D eigenvalue weighted by molar-refractivity contribution is 0.256. The summed E-state index contributed by atoms with van der Waals surface area (Å²) in [4.78, 5) is 4.94. The van der Waals surface area contributed by atoms with E-state index in [0.29, 0.717) is 18.6 Å². The monoisotopic (exact) mass is 261 g/mol. The predicted molar refractivity (Wildman–Crippen MR) is 82.8 cm³/mol. The summed E-state index contributed by atoms with van der Waals surface area (Å²) in [6.07, 6.45) is 1.19. The van der Waals surface area contributed by atoms with Crippen LogP contribution in [0.3, 0.4) is 0 Å². The molecule has 2 N–H and O–H groups in total. The van der Waals surface area contributed by atoms with Crippen LogP contribution < -0.4 is 10.6 Å². The summed E-state index contributed by atoms with van der Waals surface area (Å²) in [5.41, 5.74) is 10.1. The second-order valence-electron chi connectivity index (χ2n) is 5.95. The molecule has 2 rings (SSSR count). The summed E-state index contributed by atoms with van der Waals surface area (Å²) in [6, 6.07) is 7.76. The van der Waals surface area contributed by atoms with Crippen LogP contribution in [0.4, 0.5) is 5.69 Å². The number of benzene rings is 1. The minimum absolute atomic E-state index is 0.413. The standard InChI is InChI=1S/C16H27N3/c1-12-5-6-16(13(2)9-12)19-8-7-14(3)18(4)11-15(19)10-17/h5-6,9,14-15H,7-8,10-11,17H2,1-4H3. The van der Waals surface area contributed by atoms with Crippen molar-refractivity contribution < 1.29 is 0 Å². The van der Waals surface area contributed by atoms with Gasteiger partial charge < -0.3 is 15.5 Å². The smallest absolute Gasteiger partial charge is 0.0539 e. The van der Waals surface area contributed by atoms with Crippen LogP contribution in [0.5, 0.6) is 0 Å². The Labute approximate surface area is 117 Å². The number of rotatable bonds is 2. The maximum atomic E-state index is 6.02. The molecule has 0 radical (unpaired) electrons. The molecule has 3 heteroatoms. The molecule has 1 heterocycles. The van der Waals surface area contributed by atoms with E-state index in [4.69, 9.17) is 5.73 Å². The Morgan fingerprint density at radius 2 is 2.05 bits per heavy atom. The number of hydrogen-bond donors (Lipinski definition) is 1. The van der Waals surface area contributed by atoms with E-state index in [1.165, 1.54) is 23.2 Å². The third-order valence-corrected chi connectivity index (χ3v) is 4.41. The molecule has 0 aromatic heterocycles. The first-order valence-corrected chi connectivity index (χ1v) is 7.27. The zero-order valence-electron chi connectivity index (χ0n) is 12.7. The molecular weight excluding hydrogens is 234 g/mol. The van der Waals surface area contributed by atoms with Gasteiger partial charge in [-0.3, -0.25) is 0 Å². The number of likely N-dealkylation sites (N-methyl/N-ethyl adjacent to an activating group) is 1. The van der Waals surface area contributed by atoms with Crippen LogP contribution in [0.25, 0.3) is 0 Å². The molecule has 0 bridgehead atoms. The lowest BCUT2D eigenvalue weighted by Crippen LogP contribution is -2.46. The van der Waals surface area contributed by atoms with Crippen LogP contribution in [0, 0.1) is 13.8 Å². The van der Waals surface area contributed by atoms with Crippen molar-refractivity contribution in [2.75, 3.05) is 31.6 Å². The number of nitrogens with two attached hydrogens (primary N) is 1. The normalized spacial score (nSPS) is 25.4. The topological polar surface area (TPSA) is 32.5 Å². The number of nitrogens with zero attached hydrogens (tertiary/aromatic N) is 2. The quantitative estimate of drug-likeness (QED) is 0.885. The van der Waals surface area contributed by atoms with Crippen molar-refractivity contribution in [1.82, 2.24) is 4.90 Å². The molecular formula is C16H27N3. The van der Waals surface area contributed by atoms with Gasteiger partial charge in [0, 0.05) is 31.4 Å². The fourth-order valence-electron chi connectivity index (χ4n) is 2.99. The minimum Gasteiger partial charge on any atom is -0.366 e. The Morgan fingerprint density at radius 3 is 2.68 bits per heavy atom. The Hall–Kier alpha value is -1.06. The van der Waals surface area contributed by atoms with E-state index in [-0.39, 0.29) is 0 Å². The first-order valence-electron chi connectivity index (χ1n) is 7.27. The molecule has 1 aliphatic heterocycles. The summed E-state index contributed by atoms with van der Waals surface area (Å²) >= 11 is 0.